The first-order chi connectivity index (χ1) is 13.3. The van der Waals surface area contributed by atoms with Crippen LogP contribution in [0.2, 0.25) is 0 Å². The Balaban J connectivity index is 1.86. The average Bonchev–Trinajstić information content (AvgIpc) is 2.67. The molecule has 0 aliphatic carbocycles. The van der Waals surface area contributed by atoms with Gasteiger partial charge < -0.3 is 5.32 Å². The minimum absolute atomic E-state index is 0.0753. The van der Waals surface area contributed by atoms with Crippen molar-refractivity contribution in [1.29, 1.82) is 5.26 Å². The number of fused-ring (bicyclic) bond motifs is 1. The summed E-state index contributed by atoms with van der Waals surface area (Å²) in [6.07, 6.45) is -4.69. The molecule has 9 heteroatoms. The van der Waals surface area contributed by atoms with Gasteiger partial charge in [-0.25, -0.2) is 9.97 Å². The van der Waals surface area contributed by atoms with Crippen molar-refractivity contribution in [1.82, 2.24) is 9.97 Å². The van der Waals surface area contributed by atoms with Gasteiger partial charge in [-0.3, -0.25) is 4.79 Å². The Kier molecular flexibility index (Phi) is 5.51. The van der Waals surface area contributed by atoms with Crippen LogP contribution in [0.4, 0.5) is 18.9 Å². The van der Waals surface area contributed by atoms with Crippen molar-refractivity contribution >= 4 is 34.3 Å². The van der Waals surface area contributed by atoms with Gasteiger partial charge in [0, 0.05) is 11.1 Å². The van der Waals surface area contributed by atoms with E-state index in [9.17, 15) is 18.0 Å². The van der Waals surface area contributed by atoms with E-state index in [-0.39, 0.29) is 10.5 Å². The van der Waals surface area contributed by atoms with Crippen LogP contribution in [0.25, 0.3) is 10.9 Å². The van der Waals surface area contributed by atoms with Crippen molar-refractivity contribution in [2.75, 3.05) is 5.32 Å². The Morgan fingerprint density at radius 1 is 1.18 bits per heavy atom. The molecule has 1 atom stereocenters. The lowest BCUT2D eigenvalue weighted by atomic mass is 10.2. The largest absolute Gasteiger partial charge is 0.451 e. The summed E-state index contributed by atoms with van der Waals surface area (Å²) in [5.41, 5.74) is 0.969. The Hall–Kier alpha value is -3.12. The van der Waals surface area contributed by atoms with Crippen molar-refractivity contribution in [2.24, 2.45) is 0 Å². The second kappa shape index (κ2) is 7.86. The van der Waals surface area contributed by atoms with Crippen molar-refractivity contribution in [3.05, 3.63) is 59.9 Å². The fourth-order valence-electron chi connectivity index (χ4n) is 2.40. The second-order valence-electron chi connectivity index (χ2n) is 5.81. The van der Waals surface area contributed by atoms with E-state index in [1.807, 2.05) is 6.07 Å². The number of carbonyl (C=O) groups is 1. The standard InChI is InChI=1S/C19H13F3N4OS/c1-11(16(27)24-13-6-4-5-12(9-13)10-23)28-17-14-7-2-3-8-15(14)25-18(26-17)19(20,21)22/h2-9,11H,1H3,(H,24,27). The molecule has 0 saturated carbocycles. The van der Waals surface area contributed by atoms with Crippen LogP contribution in [0.5, 0.6) is 0 Å². The smallest absolute Gasteiger partial charge is 0.325 e. The van der Waals surface area contributed by atoms with Crippen LogP contribution in [0.3, 0.4) is 0 Å². The molecule has 0 bridgehead atoms. The molecule has 1 aromatic heterocycles. The number of amides is 1. The molecular formula is C19H13F3N4OS. The zero-order valence-corrected chi connectivity index (χ0v) is 15.3. The van der Waals surface area contributed by atoms with Gasteiger partial charge >= 0.3 is 6.18 Å². The zero-order valence-electron chi connectivity index (χ0n) is 14.5. The third-order valence-electron chi connectivity index (χ3n) is 3.74. The summed E-state index contributed by atoms with van der Waals surface area (Å²) in [6.45, 7) is 1.57. The van der Waals surface area contributed by atoms with Crippen LogP contribution < -0.4 is 5.32 Å². The molecule has 3 rings (SSSR count). The number of halogens is 3. The molecule has 1 amide bonds. The lowest BCUT2D eigenvalue weighted by molar-refractivity contribution is -0.145. The minimum atomic E-state index is -4.69. The van der Waals surface area contributed by atoms with Crippen LogP contribution in [0.15, 0.2) is 53.6 Å². The van der Waals surface area contributed by atoms with Gasteiger partial charge in [0.2, 0.25) is 11.7 Å². The van der Waals surface area contributed by atoms with Crippen molar-refractivity contribution in [3.8, 4) is 6.07 Å². The highest BCUT2D eigenvalue weighted by Crippen LogP contribution is 2.33. The molecule has 1 N–H and O–H groups in total. The fourth-order valence-corrected chi connectivity index (χ4v) is 3.34. The summed E-state index contributed by atoms with van der Waals surface area (Å²) in [7, 11) is 0. The number of rotatable bonds is 4. The number of nitrogens with zero attached hydrogens (tertiary/aromatic N) is 3. The number of thioether (sulfide) groups is 1. The number of nitrogens with one attached hydrogen (secondary N) is 1. The van der Waals surface area contributed by atoms with Crippen LogP contribution in [0.1, 0.15) is 18.3 Å². The van der Waals surface area contributed by atoms with Crippen LogP contribution >= 0.6 is 11.8 Å². The van der Waals surface area contributed by atoms with E-state index < -0.39 is 23.2 Å². The number of alkyl halides is 3. The van der Waals surface area contributed by atoms with E-state index >= 15 is 0 Å². The second-order valence-corrected chi connectivity index (χ2v) is 7.14. The third-order valence-corrected chi connectivity index (χ3v) is 4.84. The summed E-state index contributed by atoms with van der Waals surface area (Å²) in [5, 5.41) is 11.4. The Labute approximate surface area is 162 Å². The average molecular weight is 402 g/mol. The molecule has 28 heavy (non-hydrogen) atoms. The van der Waals surface area contributed by atoms with Gasteiger partial charge in [0.1, 0.15) is 5.03 Å². The molecular weight excluding hydrogens is 389 g/mol. The van der Waals surface area contributed by atoms with Crippen molar-refractivity contribution in [3.63, 3.8) is 0 Å². The number of hydrogen-bond acceptors (Lipinski definition) is 5. The third kappa shape index (κ3) is 4.40. The van der Waals surface area contributed by atoms with E-state index in [0.717, 1.165) is 11.8 Å². The molecule has 0 aliphatic rings. The van der Waals surface area contributed by atoms with Gasteiger partial charge in [-0.05, 0) is 31.2 Å². The van der Waals surface area contributed by atoms with Gasteiger partial charge in [-0.2, -0.15) is 18.4 Å². The first-order valence-electron chi connectivity index (χ1n) is 8.09. The number of benzene rings is 2. The summed E-state index contributed by atoms with van der Waals surface area (Å²) in [5.74, 6) is -1.67. The van der Waals surface area contributed by atoms with Gasteiger partial charge in [0.05, 0.1) is 22.4 Å². The van der Waals surface area contributed by atoms with E-state index in [0.29, 0.717) is 16.6 Å². The molecule has 0 saturated heterocycles. The highest BCUT2D eigenvalue weighted by atomic mass is 32.2. The lowest BCUT2D eigenvalue weighted by Gasteiger charge is -2.14. The highest BCUT2D eigenvalue weighted by Gasteiger charge is 2.35. The van der Waals surface area contributed by atoms with Gasteiger partial charge in [-0.15, -0.1) is 0 Å². The minimum Gasteiger partial charge on any atom is -0.325 e. The Morgan fingerprint density at radius 2 is 1.93 bits per heavy atom. The number of anilines is 1. The quantitative estimate of drug-likeness (QED) is 0.508. The van der Waals surface area contributed by atoms with Crippen molar-refractivity contribution < 1.29 is 18.0 Å². The fraction of sp³-hybridized carbons (Fsp3) is 0.158. The number of carbonyl (C=O) groups excluding carboxylic acids is 1. The Morgan fingerprint density at radius 3 is 2.64 bits per heavy atom. The van der Waals surface area contributed by atoms with Crippen LogP contribution in [0, 0.1) is 11.3 Å². The first kappa shape index (κ1) is 19.6. The number of nitriles is 1. The molecule has 3 aromatic rings. The normalized spacial score (nSPS) is 12.4. The van der Waals surface area contributed by atoms with Crippen molar-refractivity contribution in [2.45, 2.75) is 23.4 Å². The maximum absolute atomic E-state index is 13.1. The summed E-state index contributed by atoms with van der Waals surface area (Å²) in [6, 6.07) is 14.7. The monoisotopic (exact) mass is 402 g/mol. The highest BCUT2D eigenvalue weighted by molar-refractivity contribution is 8.00. The zero-order chi connectivity index (χ0) is 20.3. The van der Waals surface area contributed by atoms with E-state index in [1.54, 1.807) is 43.3 Å². The number of hydrogen-bond donors (Lipinski definition) is 1. The summed E-state index contributed by atoms with van der Waals surface area (Å²) < 4.78 is 39.3. The SMILES string of the molecule is CC(Sc1nc(C(F)(F)F)nc2ccccc12)C(=O)Nc1cccc(C#N)c1. The number of aromatic nitrogens is 2. The maximum Gasteiger partial charge on any atom is 0.451 e. The lowest BCUT2D eigenvalue weighted by Crippen LogP contribution is -2.23. The summed E-state index contributed by atoms with van der Waals surface area (Å²) >= 11 is 0.912. The van der Waals surface area contributed by atoms with Gasteiger partial charge in [0.15, 0.2) is 0 Å². The predicted molar refractivity (Wildman–Crippen MR) is 99.6 cm³/mol. The molecule has 5 nitrogen and oxygen atoms in total. The molecule has 142 valence electrons. The first-order valence-corrected chi connectivity index (χ1v) is 8.97. The molecule has 0 aliphatic heterocycles. The van der Waals surface area contributed by atoms with E-state index in [4.69, 9.17) is 5.26 Å². The molecule has 0 radical (unpaired) electrons. The topological polar surface area (TPSA) is 78.7 Å². The molecule has 2 aromatic carbocycles. The van der Waals surface area contributed by atoms with Crippen LogP contribution in [-0.4, -0.2) is 21.1 Å². The van der Waals surface area contributed by atoms with E-state index in [2.05, 4.69) is 15.3 Å². The van der Waals surface area contributed by atoms with E-state index in [1.165, 1.54) is 12.1 Å². The number of para-hydroxylation sites is 1. The predicted octanol–water partition coefficient (Wildman–Crippen LogP) is 4.64. The molecule has 1 heterocycles. The molecule has 0 spiro atoms. The van der Waals surface area contributed by atoms with Gasteiger partial charge in [-0.1, -0.05) is 36.0 Å². The molecule has 1 unspecified atom stereocenters. The van der Waals surface area contributed by atoms with Gasteiger partial charge in [0.25, 0.3) is 0 Å². The maximum atomic E-state index is 13.1. The summed E-state index contributed by atoms with van der Waals surface area (Å²) in [4.78, 5) is 19.7. The molecule has 0 fully saturated rings. The Bertz CT molecular complexity index is 1080. The van der Waals surface area contributed by atoms with Crippen LogP contribution in [-0.2, 0) is 11.0 Å².